The third-order valence-electron chi connectivity index (χ3n) is 6.43. The SMILES string of the molecule is COc1ccc(CN2C3CC2CN(c2ccc(-c4cn[nH]c4NCC(C)C)cn2)C3)cn1. The molecule has 2 unspecified atom stereocenters. The average Bonchev–Trinajstić information content (AvgIpc) is 3.30. The number of pyridine rings is 2. The molecule has 8 nitrogen and oxygen atoms in total. The molecule has 0 amide bonds. The number of rotatable bonds is 8. The molecular formula is C24H31N7O. The highest BCUT2D eigenvalue weighted by molar-refractivity contribution is 5.74. The van der Waals surface area contributed by atoms with Crippen LogP contribution in [-0.4, -0.2) is 63.9 Å². The number of piperidine rings is 1. The first-order chi connectivity index (χ1) is 15.6. The highest BCUT2D eigenvalue weighted by Gasteiger charge is 2.44. The van der Waals surface area contributed by atoms with Gasteiger partial charge in [0.15, 0.2) is 0 Å². The lowest BCUT2D eigenvalue weighted by molar-refractivity contribution is -0.00876. The molecule has 6 rings (SSSR count). The largest absolute Gasteiger partial charge is 0.481 e. The summed E-state index contributed by atoms with van der Waals surface area (Å²) in [5, 5.41) is 10.7. The molecule has 0 spiro atoms. The van der Waals surface area contributed by atoms with Crippen molar-refractivity contribution in [2.75, 3.05) is 37.0 Å². The fourth-order valence-electron chi connectivity index (χ4n) is 4.65. The lowest BCUT2D eigenvalue weighted by Gasteiger charge is -2.56. The molecule has 0 saturated carbocycles. The zero-order valence-corrected chi connectivity index (χ0v) is 19.0. The predicted molar refractivity (Wildman–Crippen MR) is 126 cm³/mol. The Bertz CT molecular complexity index is 1020. The maximum Gasteiger partial charge on any atom is 0.212 e. The molecule has 3 aromatic heterocycles. The lowest BCUT2D eigenvalue weighted by Crippen LogP contribution is -2.68. The number of fused-ring (bicyclic) bond motifs is 2. The lowest BCUT2D eigenvalue weighted by atomic mass is 9.87. The summed E-state index contributed by atoms with van der Waals surface area (Å²) in [6, 6.07) is 9.46. The van der Waals surface area contributed by atoms with Crippen molar-refractivity contribution in [3.8, 4) is 17.0 Å². The second-order valence-corrected chi connectivity index (χ2v) is 9.17. The molecule has 3 saturated heterocycles. The Labute approximate surface area is 189 Å². The van der Waals surface area contributed by atoms with E-state index in [0.717, 1.165) is 48.9 Å². The van der Waals surface area contributed by atoms with Gasteiger partial charge < -0.3 is 15.0 Å². The molecule has 8 heteroatoms. The molecule has 32 heavy (non-hydrogen) atoms. The number of nitrogens with zero attached hydrogens (tertiary/aromatic N) is 5. The van der Waals surface area contributed by atoms with Crippen LogP contribution in [0.3, 0.4) is 0 Å². The van der Waals surface area contributed by atoms with Crippen LogP contribution in [0.5, 0.6) is 5.88 Å². The molecule has 168 valence electrons. The van der Waals surface area contributed by atoms with Gasteiger partial charge in [-0.05, 0) is 30.0 Å². The van der Waals surface area contributed by atoms with Crippen molar-refractivity contribution >= 4 is 11.6 Å². The Morgan fingerprint density at radius 2 is 1.94 bits per heavy atom. The van der Waals surface area contributed by atoms with Crippen LogP contribution in [0.4, 0.5) is 11.6 Å². The summed E-state index contributed by atoms with van der Waals surface area (Å²) in [7, 11) is 1.65. The van der Waals surface area contributed by atoms with Gasteiger partial charge in [-0.1, -0.05) is 19.9 Å². The van der Waals surface area contributed by atoms with E-state index in [1.54, 1.807) is 7.11 Å². The third kappa shape index (κ3) is 4.14. The number of nitrogens with one attached hydrogen (secondary N) is 2. The van der Waals surface area contributed by atoms with Gasteiger partial charge in [0.1, 0.15) is 11.6 Å². The fraction of sp³-hybridized carbons (Fsp3) is 0.458. The number of anilines is 2. The van der Waals surface area contributed by atoms with Crippen LogP contribution in [0.15, 0.2) is 42.9 Å². The first-order valence-corrected chi connectivity index (χ1v) is 11.3. The molecule has 6 heterocycles. The first-order valence-electron chi connectivity index (χ1n) is 11.3. The molecule has 0 radical (unpaired) electrons. The number of ether oxygens (including phenoxy) is 1. The van der Waals surface area contributed by atoms with E-state index in [0.29, 0.717) is 23.9 Å². The number of H-pyrrole nitrogens is 1. The Hall–Kier alpha value is -3.13. The topological polar surface area (TPSA) is 82.2 Å². The second-order valence-electron chi connectivity index (χ2n) is 9.17. The summed E-state index contributed by atoms with van der Waals surface area (Å²) in [5.74, 6) is 3.24. The second kappa shape index (κ2) is 8.78. The highest BCUT2D eigenvalue weighted by atomic mass is 16.5. The molecule has 2 bridgehead atoms. The monoisotopic (exact) mass is 433 g/mol. The molecule has 0 aliphatic carbocycles. The zero-order valence-electron chi connectivity index (χ0n) is 19.0. The van der Waals surface area contributed by atoms with Crippen LogP contribution in [0.2, 0.25) is 0 Å². The van der Waals surface area contributed by atoms with Crippen molar-refractivity contribution < 1.29 is 4.74 Å². The Morgan fingerprint density at radius 1 is 1.09 bits per heavy atom. The first kappa shape index (κ1) is 20.8. The quantitative estimate of drug-likeness (QED) is 0.563. The van der Waals surface area contributed by atoms with Gasteiger partial charge in [-0.3, -0.25) is 10.00 Å². The maximum atomic E-state index is 5.16. The van der Waals surface area contributed by atoms with Crippen molar-refractivity contribution in [3.63, 3.8) is 0 Å². The van der Waals surface area contributed by atoms with E-state index < -0.39 is 0 Å². The van der Waals surface area contributed by atoms with Gasteiger partial charge >= 0.3 is 0 Å². The van der Waals surface area contributed by atoms with E-state index in [-0.39, 0.29) is 0 Å². The summed E-state index contributed by atoms with van der Waals surface area (Å²) < 4.78 is 5.16. The van der Waals surface area contributed by atoms with Crippen molar-refractivity contribution in [1.82, 2.24) is 25.1 Å². The smallest absolute Gasteiger partial charge is 0.212 e. The minimum atomic E-state index is 0.567. The zero-order chi connectivity index (χ0) is 22.1. The van der Waals surface area contributed by atoms with Crippen LogP contribution < -0.4 is 15.0 Å². The van der Waals surface area contributed by atoms with Gasteiger partial charge in [0, 0.05) is 67.8 Å². The van der Waals surface area contributed by atoms with E-state index in [4.69, 9.17) is 9.72 Å². The van der Waals surface area contributed by atoms with E-state index in [9.17, 15) is 0 Å². The molecule has 3 aromatic rings. The summed E-state index contributed by atoms with van der Waals surface area (Å²) in [6.45, 7) is 8.26. The van der Waals surface area contributed by atoms with Crippen LogP contribution in [0.1, 0.15) is 25.8 Å². The van der Waals surface area contributed by atoms with Crippen LogP contribution >= 0.6 is 0 Å². The average molecular weight is 434 g/mol. The van der Waals surface area contributed by atoms with Crippen molar-refractivity contribution in [1.29, 1.82) is 0 Å². The van der Waals surface area contributed by atoms with Gasteiger partial charge in [0.05, 0.1) is 13.3 Å². The van der Waals surface area contributed by atoms with E-state index in [1.165, 1.54) is 12.0 Å². The molecule has 3 aliphatic heterocycles. The third-order valence-corrected chi connectivity index (χ3v) is 6.43. The van der Waals surface area contributed by atoms with E-state index in [1.807, 2.05) is 24.7 Å². The number of hydrogen-bond acceptors (Lipinski definition) is 7. The minimum absolute atomic E-state index is 0.567. The van der Waals surface area contributed by atoms with Gasteiger partial charge in [-0.25, -0.2) is 9.97 Å². The fourth-order valence-corrected chi connectivity index (χ4v) is 4.65. The van der Waals surface area contributed by atoms with Crippen LogP contribution in [-0.2, 0) is 6.54 Å². The maximum absolute atomic E-state index is 5.16. The Morgan fingerprint density at radius 3 is 2.59 bits per heavy atom. The molecule has 0 aromatic carbocycles. The Kier molecular flexibility index (Phi) is 5.70. The van der Waals surface area contributed by atoms with Crippen LogP contribution in [0.25, 0.3) is 11.1 Å². The summed E-state index contributed by atoms with van der Waals surface area (Å²) in [4.78, 5) is 14.1. The van der Waals surface area contributed by atoms with Gasteiger partial charge in [0.2, 0.25) is 5.88 Å². The van der Waals surface area contributed by atoms with Gasteiger partial charge in [0.25, 0.3) is 0 Å². The predicted octanol–water partition coefficient (Wildman–Crippen LogP) is 3.41. The van der Waals surface area contributed by atoms with E-state index >= 15 is 0 Å². The molecule has 2 N–H and O–H groups in total. The van der Waals surface area contributed by atoms with Crippen molar-refractivity contribution in [3.05, 3.63) is 48.4 Å². The highest BCUT2D eigenvalue weighted by Crippen LogP contribution is 2.36. The Balaban J connectivity index is 1.21. The summed E-state index contributed by atoms with van der Waals surface area (Å²) in [5.41, 5.74) is 3.37. The number of aromatic nitrogens is 4. The van der Waals surface area contributed by atoms with Crippen LogP contribution in [0, 0.1) is 5.92 Å². The van der Waals surface area contributed by atoms with Crippen molar-refractivity contribution in [2.45, 2.75) is 38.9 Å². The number of methoxy groups -OCH3 is 1. The minimum Gasteiger partial charge on any atom is -0.481 e. The van der Waals surface area contributed by atoms with Gasteiger partial charge in [-0.2, -0.15) is 5.10 Å². The number of hydrogen-bond donors (Lipinski definition) is 2. The van der Waals surface area contributed by atoms with Gasteiger partial charge in [-0.15, -0.1) is 0 Å². The molecule has 3 fully saturated rings. The van der Waals surface area contributed by atoms with Crippen molar-refractivity contribution in [2.24, 2.45) is 5.92 Å². The molecule has 3 aliphatic rings. The van der Waals surface area contributed by atoms with E-state index in [2.05, 4.69) is 62.3 Å². The standard InChI is InChI=1S/C24H31N7O/c1-16(2)9-27-24-21(12-28-29-24)18-5-6-22(25-11-18)30-14-19-8-20(15-30)31(19)13-17-4-7-23(32-3)26-10-17/h4-7,10-12,16,19-20H,8-9,13-15H2,1-3H3,(H2,27,28,29). The number of piperazine rings is 1. The summed E-state index contributed by atoms with van der Waals surface area (Å²) >= 11 is 0. The molecule has 2 atom stereocenters. The number of aromatic amines is 1. The summed E-state index contributed by atoms with van der Waals surface area (Å²) in [6.07, 6.45) is 7.01. The normalized spacial score (nSPS) is 20.3. The molecular weight excluding hydrogens is 402 g/mol.